The minimum absolute atomic E-state index is 0.116. The van der Waals surface area contributed by atoms with Crippen molar-refractivity contribution in [3.05, 3.63) is 53.2 Å². The molecule has 3 rings (SSSR count). The molecule has 2 aromatic rings. The SMILES string of the molecule is N#Cc1ccc(OCCCOc2ccc3c(c2)CC[C@H]3CC(=O)O)nc1. The Morgan fingerprint density at radius 1 is 1.27 bits per heavy atom. The first-order chi connectivity index (χ1) is 12.7. The maximum Gasteiger partial charge on any atom is 0.303 e. The van der Waals surface area contributed by atoms with E-state index in [2.05, 4.69) is 4.98 Å². The molecule has 26 heavy (non-hydrogen) atoms. The van der Waals surface area contributed by atoms with Crippen LogP contribution in [0.1, 0.15) is 41.9 Å². The molecule has 1 aliphatic carbocycles. The molecule has 0 bridgehead atoms. The van der Waals surface area contributed by atoms with Gasteiger partial charge in [0.2, 0.25) is 5.88 Å². The lowest BCUT2D eigenvalue weighted by molar-refractivity contribution is -0.137. The van der Waals surface area contributed by atoms with E-state index in [0.29, 0.717) is 31.1 Å². The van der Waals surface area contributed by atoms with Crippen LogP contribution in [0.15, 0.2) is 36.5 Å². The van der Waals surface area contributed by atoms with Crippen LogP contribution in [0.5, 0.6) is 11.6 Å². The summed E-state index contributed by atoms with van der Waals surface area (Å²) < 4.78 is 11.3. The summed E-state index contributed by atoms with van der Waals surface area (Å²) in [6.45, 7) is 0.998. The van der Waals surface area contributed by atoms with E-state index in [0.717, 1.165) is 24.2 Å². The van der Waals surface area contributed by atoms with Crippen molar-refractivity contribution >= 4 is 5.97 Å². The third kappa shape index (κ3) is 4.51. The fourth-order valence-electron chi connectivity index (χ4n) is 3.15. The Kier molecular flexibility index (Phi) is 5.69. The standard InChI is InChI=1S/C20H20N2O4/c21-12-14-2-7-19(22-13-14)26-9-1-8-25-17-5-6-18-15(10-17)3-4-16(18)11-20(23)24/h2,5-7,10,13,16H,1,3-4,8-9,11H2,(H,23,24)/t16-/m0/s1. The normalized spacial score (nSPS) is 15.1. The fraction of sp³-hybridized carbons (Fsp3) is 0.350. The van der Waals surface area contributed by atoms with Gasteiger partial charge in [-0.3, -0.25) is 4.79 Å². The molecule has 0 radical (unpaired) electrons. The molecule has 0 fully saturated rings. The fourth-order valence-corrected chi connectivity index (χ4v) is 3.15. The number of pyridine rings is 1. The van der Waals surface area contributed by atoms with Crippen LogP contribution in [0.4, 0.5) is 0 Å². The van der Waals surface area contributed by atoms with Crippen molar-refractivity contribution in [1.29, 1.82) is 5.26 Å². The second-order valence-electron chi connectivity index (χ2n) is 6.24. The van der Waals surface area contributed by atoms with Gasteiger partial charge in [0, 0.05) is 18.7 Å². The number of fused-ring (bicyclic) bond motifs is 1. The van der Waals surface area contributed by atoms with Crippen LogP contribution in [-0.2, 0) is 11.2 Å². The highest BCUT2D eigenvalue weighted by Gasteiger charge is 2.24. The molecule has 0 spiro atoms. The zero-order chi connectivity index (χ0) is 18.4. The second kappa shape index (κ2) is 8.34. The number of carboxylic acid groups (broad SMARTS) is 1. The van der Waals surface area contributed by atoms with Crippen molar-refractivity contribution in [2.45, 2.75) is 31.6 Å². The van der Waals surface area contributed by atoms with E-state index in [4.69, 9.17) is 19.8 Å². The molecule has 1 atom stereocenters. The number of carboxylic acids is 1. The number of aryl methyl sites for hydroxylation is 1. The first-order valence-corrected chi connectivity index (χ1v) is 8.62. The summed E-state index contributed by atoms with van der Waals surface area (Å²) >= 11 is 0. The molecule has 0 saturated heterocycles. The van der Waals surface area contributed by atoms with E-state index in [-0.39, 0.29) is 12.3 Å². The Morgan fingerprint density at radius 3 is 2.85 bits per heavy atom. The monoisotopic (exact) mass is 352 g/mol. The maximum atomic E-state index is 10.9. The van der Waals surface area contributed by atoms with Crippen molar-refractivity contribution in [2.24, 2.45) is 0 Å². The number of carbonyl (C=O) groups is 1. The lowest BCUT2D eigenvalue weighted by Crippen LogP contribution is -2.06. The predicted molar refractivity (Wildman–Crippen MR) is 94.3 cm³/mol. The molecule has 0 aliphatic heterocycles. The number of ether oxygens (including phenoxy) is 2. The molecule has 0 amide bonds. The molecule has 6 heteroatoms. The summed E-state index contributed by atoms with van der Waals surface area (Å²) in [7, 11) is 0. The molecule has 1 N–H and O–H groups in total. The van der Waals surface area contributed by atoms with Gasteiger partial charge in [0.15, 0.2) is 0 Å². The lowest BCUT2D eigenvalue weighted by Gasteiger charge is -2.11. The summed E-state index contributed by atoms with van der Waals surface area (Å²) in [4.78, 5) is 15.0. The number of benzene rings is 1. The summed E-state index contributed by atoms with van der Waals surface area (Å²) in [5.41, 5.74) is 2.82. The summed E-state index contributed by atoms with van der Waals surface area (Å²) in [5.74, 6) is 0.659. The van der Waals surface area contributed by atoms with E-state index >= 15 is 0 Å². The topological polar surface area (TPSA) is 92.4 Å². The number of nitrogens with zero attached hydrogens (tertiary/aromatic N) is 2. The average Bonchev–Trinajstić information content (AvgIpc) is 3.03. The number of nitriles is 1. The highest BCUT2D eigenvalue weighted by Crippen LogP contribution is 2.37. The smallest absolute Gasteiger partial charge is 0.303 e. The summed E-state index contributed by atoms with van der Waals surface area (Å²) in [6, 6.07) is 11.3. The van der Waals surface area contributed by atoms with Crippen molar-refractivity contribution in [3.8, 4) is 17.7 Å². The van der Waals surface area contributed by atoms with Crippen LogP contribution in [0, 0.1) is 11.3 Å². The van der Waals surface area contributed by atoms with Crippen LogP contribution < -0.4 is 9.47 Å². The van der Waals surface area contributed by atoms with Gasteiger partial charge in [0.05, 0.1) is 25.2 Å². The lowest BCUT2D eigenvalue weighted by atomic mass is 9.98. The zero-order valence-electron chi connectivity index (χ0n) is 14.4. The van der Waals surface area contributed by atoms with E-state index < -0.39 is 5.97 Å². The van der Waals surface area contributed by atoms with Gasteiger partial charge in [-0.2, -0.15) is 5.26 Å². The van der Waals surface area contributed by atoms with Gasteiger partial charge in [-0.15, -0.1) is 0 Å². The summed E-state index contributed by atoms with van der Waals surface area (Å²) in [6.07, 6.45) is 4.16. The van der Waals surface area contributed by atoms with Gasteiger partial charge < -0.3 is 14.6 Å². The molecular weight excluding hydrogens is 332 g/mol. The van der Waals surface area contributed by atoms with Crippen LogP contribution in [0.2, 0.25) is 0 Å². The minimum atomic E-state index is -0.750. The molecule has 0 saturated carbocycles. The van der Waals surface area contributed by atoms with Gasteiger partial charge in [-0.05, 0) is 48.1 Å². The van der Waals surface area contributed by atoms with E-state index in [9.17, 15) is 4.79 Å². The minimum Gasteiger partial charge on any atom is -0.493 e. The van der Waals surface area contributed by atoms with Crippen molar-refractivity contribution in [1.82, 2.24) is 4.98 Å². The molecule has 1 aromatic carbocycles. The van der Waals surface area contributed by atoms with Gasteiger partial charge in [0.25, 0.3) is 0 Å². The number of hydrogen-bond donors (Lipinski definition) is 1. The number of aliphatic carboxylic acids is 1. The molecule has 1 aliphatic rings. The van der Waals surface area contributed by atoms with Gasteiger partial charge in [-0.25, -0.2) is 4.98 Å². The van der Waals surface area contributed by atoms with Crippen LogP contribution in [0.3, 0.4) is 0 Å². The molecular formula is C20H20N2O4. The molecule has 1 heterocycles. The first kappa shape index (κ1) is 17.7. The highest BCUT2D eigenvalue weighted by atomic mass is 16.5. The molecule has 6 nitrogen and oxygen atoms in total. The van der Waals surface area contributed by atoms with E-state index in [1.54, 1.807) is 12.1 Å². The Labute approximate surface area is 152 Å². The van der Waals surface area contributed by atoms with Crippen LogP contribution in [0.25, 0.3) is 0 Å². The molecule has 134 valence electrons. The predicted octanol–water partition coefficient (Wildman–Crippen LogP) is 3.31. The average molecular weight is 352 g/mol. The van der Waals surface area contributed by atoms with Crippen molar-refractivity contribution in [3.63, 3.8) is 0 Å². The largest absolute Gasteiger partial charge is 0.493 e. The van der Waals surface area contributed by atoms with Gasteiger partial charge in [-0.1, -0.05) is 6.07 Å². The number of rotatable bonds is 8. The Bertz CT molecular complexity index is 812. The Hall–Kier alpha value is -3.07. The van der Waals surface area contributed by atoms with Gasteiger partial charge in [0.1, 0.15) is 11.8 Å². The number of aromatic nitrogens is 1. The van der Waals surface area contributed by atoms with Crippen LogP contribution in [-0.4, -0.2) is 29.3 Å². The zero-order valence-corrected chi connectivity index (χ0v) is 14.4. The third-order valence-electron chi connectivity index (χ3n) is 4.41. The van der Waals surface area contributed by atoms with Gasteiger partial charge >= 0.3 is 5.97 Å². The van der Waals surface area contributed by atoms with E-state index in [1.807, 2.05) is 24.3 Å². The summed E-state index contributed by atoms with van der Waals surface area (Å²) in [5, 5.41) is 17.7. The van der Waals surface area contributed by atoms with Crippen molar-refractivity contribution in [2.75, 3.05) is 13.2 Å². The maximum absolute atomic E-state index is 10.9. The third-order valence-corrected chi connectivity index (χ3v) is 4.41. The van der Waals surface area contributed by atoms with Crippen molar-refractivity contribution < 1.29 is 19.4 Å². The Morgan fingerprint density at radius 2 is 2.12 bits per heavy atom. The Balaban J connectivity index is 1.43. The first-order valence-electron chi connectivity index (χ1n) is 8.62. The van der Waals surface area contributed by atoms with E-state index in [1.165, 1.54) is 11.8 Å². The number of hydrogen-bond acceptors (Lipinski definition) is 5. The second-order valence-corrected chi connectivity index (χ2v) is 6.24. The molecule has 0 unspecified atom stereocenters. The van der Waals surface area contributed by atoms with Crippen LogP contribution >= 0.6 is 0 Å². The quantitative estimate of drug-likeness (QED) is 0.733. The molecule has 1 aromatic heterocycles. The highest BCUT2D eigenvalue weighted by molar-refractivity contribution is 5.68.